The van der Waals surface area contributed by atoms with Crippen LogP contribution in [0.4, 0.5) is 0 Å². The Labute approximate surface area is 123 Å². The molecule has 114 valence electrons. The SMILES string of the molecule is COc1ccc(C(=O)N2CCC(C)(C(=O)O)C2)cc1OC. The summed E-state index contributed by atoms with van der Waals surface area (Å²) in [5.41, 5.74) is -0.408. The minimum atomic E-state index is -0.870. The molecule has 1 aromatic carbocycles. The third-order valence-electron chi connectivity index (χ3n) is 3.91. The summed E-state index contributed by atoms with van der Waals surface area (Å²) in [4.78, 5) is 25.3. The van der Waals surface area contributed by atoms with Gasteiger partial charge in [-0.2, -0.15) is 0 Å². The van der Waals surface area contributed by atoms with E-state index in [1.807, 2.05) is 0 Å². The van der Waals surface area contributed by atoms with E-state index in [9.17, 15) is 14.7 Å². The van der Waals surface area contributed by atoms with E-state index >= 15 is 0 Å². The van der Waals surface area contributed by atoms with Crippen LogP contribution in [0, 0.1) is 5.41 Å². The van der Waals surface area contributed by atoms with Crippen LogP contribution in [-0.2, 0) is 4.79 Å². The van der Waals surface area contributed by atoms with E-state index < -0.39 is 11.4 Å². The number of methoxy groups -OCH3 is 2. The highest BCUT2D eigenvalue weighted by Gasteiger charge is 2.42. The number of carboxylic acid groups (broad SMARTS) is 1. The zero-order valence-electron chi connectivity index (χ0n) is 12.4. The summed E-state index contributed by atoms with van der Waals surface area (Å²) >= 11 is 0. The smallest absolute Gasteiger partial charge is 0.311 e. The first-order valence-corrected chi connectivity index (χ1v) is 6.66. The van der Waals surface area contributed by atoms with Crippen LogP contribution in [0.15, 0.2) is 18.2 Å². The third-order valence-corrected chi connectivity index (χ3v) is 3.91. The monoisotopic (exact) mass is 293 g/mol. The molecule has 1 amide bonds. The molecule has 0 saturated carbocycles. The number of hydrogen-bond donors (Lipinski definition) is 1. The summed E-state index contributed by atoms with van der Waals surface area (Å²) in [6, 6.07) is 4.93. The number of ether oxygens (including phenoxy) is 2. The third kappa shape index (κ3) is 2.79. The quantitative estimate of drug-likeness (QED) is 0.913. The van der Waals surface area contributed by atoms with Gasteiger partial charge in [-0.3, -0.25) is 9.59 Å². The van der Waals surface area contributed by atoms with Crippen LogP contribution in [0.1, 0.15) is 23.7 Å². The molecule has 1 aromatic rings. The molecule has 0 spiro atoms. The van der Waals surface area contributed by atoms with Crippen molar-refractivity contribution in [1.82, 2.24) is 4.90 Å². The van der Waals surface area contributed by atoms with E-state index in [4.69, 9.17) is 9.47 Å². The summed E-state index contributed by atoms with van der Waals surface area (Å²) in [7, 11) is 3.03. The van der Waals surface area contributed by atoms with Crippen molar-refractivity contribution < 1.29 is 24.2 Å². The van der Waals surface area contributed by atoms with Crippen molar-refractivity contribution in [3.63, 3.8) is 0 Å². The number of hydrogen-bond acceptors (Lipinski definition) is 4. The van der Waals surface area contributed by atoms with Gasteiger partial charge in [0.15, 0.2) is 11.5 Å². The maximum Gasteiger partial charge on any atom is 0.311 e. The lowest BCUT2D eigenvalue weighted by Crippen LogP contribution is -2.34. The number of aliphatic carboxylic acids is 1. The van der Waals surface area contributed by atoms with E-state index in [1.165, 1.54) is 14.2 Å². The molecule has 1 aliphatic rings. The fourth-order valence-corrected chi connectivity index (χ4v) is 2.46. The first-order valence-electron chi connectivity index (χ1n) is 6.66. The molecule has 21 heavy (non-hydrogen) atoms. The highest BCUT2D eigenvalue weighted by molar-refractivity contribution is 5.95. The number of likely N-dealkylation sites (tertiary alicyclic amines) is 1. The van der Waals surface area contributed by atoms with Gasteiger partial charge in [0.25, 0.3) is 5.91 Å². The largest absolute Gasteiger partial charge is 0.493 e. The maximum atomic E-state index is 12.5. The molecule has 0 aliphatic carbocycles. The van der Waals surface area contributed by atoms with Crippen molar-refractivity contribution in [3.8, 4) is 11.5 Å². The molecule has 1 fully saturated rings. The van der Waals surface area contributed by atoms with Crippen LogP contribution >= 0.6 is 0 Å². The molecule has 2 rings (SSSR count). The van der Waals surface area contributed by atoms with E-state index in [0.29, 0.717) is 30.0 Å². The Balaban J connectivity index is 2.20. The second kappa shape index (κ2) is 5.63. The molecule has 1 N–H and O–H groups in total. The molecule has 0 bridgehead atoms. The molecule has 1 atom stereocenters. The minimum Gasteiger partial charge on any atom is -0.493 e. The van der Waals surface area contributed by atoms with Crippen LogP contribution in [-0.4, -0.2) is 49.2 Å². The Morgan fingerprint density at radius 1 is 1.24 bits per heavy atom. The van der Waals surface area contributed by atoms with Crippen molar-refractivity contribution >= 4 is 11.9 Å². The lowest BCUT2D eigenvalue weighted by atomic mass is 9.90. The predicted octanol–water partition coefficient (Wildman–Crippen LogP) is 1.64. The van der Waals surface area contributed by atoms with Crippen molar-refractivity contribution in [2.24, 2.45) is 5.41 Å². The number of carbonyl (C=O) groups excluding carboxylic acids is 1. The Kier molecular flexibility index (Phi) is 4.06. The van der Waals surface area contributed by atoms with Crippen molar-refractivity contribution in [3.05, 3.63) is 23.8 Å². The predicted molar refractivity (Wildman–Crippen MR) is 75.8 cm³/mol. The van der Waals surface area contributed by atoms with E-state index in [1.54, 1.807) is 30.0 Å². The lowest BCUT2D eigenvalue weighted by Gasteiger charge is -2.20. The van der Waals surface area contributed by atoms with Gasteiger partial charge in [0.05, 0.1) is 19.6 Å². The molecule has 1 unspecified atom stereocenters. The summed E-state index contributed by atoms with van der Waals surface area (Å²) in [6.45, 7) is 2.32. The molecule has 6 nitrogen and oxygen atoms in total. The highest BCUT2D eigenvalue weighted by Crippen LogP contribution is 2.32. The average Bonchev–Trinajstić information content (AvgIpc) is 2.89. The second-order valence-electron chi connectivity index (χ2n) is 5.41. The number of benzene rings is 1. The summed E-state index contributed by atoms with van der Waals surface area (Å²) in [6.07, 6.45) is 0.460. The number of carboxylic acids is 1. The molecular formula is C15H19NO5. The number of rotatable bonds is 4. The summed E-state index contributed by atoms with van der Waals surface area (Å²) < 4.78 is 10.3. The number of amides is 1. The number of carbonyl (C=O) groups is 2. The minimum absolute atomic E-state index is 0.194. The first kappa shape index (κ1) is 15.2. The standard InChI is InChI=1S/C15H19NO5/c1-15(14(18)19)6-7-16(9-15)13(17)10-4-5-11(20-2)12(8-10)21-3/h4-5,8H,6-7,9H2,1-3H3,(H,18,19). The maximum absolute atomic E-state index is 12.5. The van der Waals surface area contributed by atoms with Crippen LogP contribution < -0.4 is 9.47 Å². The fraction of sp³-hybridized carbons (Fsp3) is 0.467. The fourth-order valence-electron chi connectivity index (χ4n) is 2.46. The zero-order chi connectivity index (χ0) is 15.6. The van der Waals surface area contributed by atoms with Gasteiger partial charge in [-0.25, -0.2) is 0 Å². The van der Waals surface area contributed by atoms with Crippen molar-refractivity contribution in [1.29, 1.82) is 0 Å². The lowest BCUT2D eigenvalue weighted by molar-refractivity contribution is -0.147. The van der Waals surface area contributed by atoms with Gasteiger partial charge >= 0.3 is 5.97 Å². The Hall–Kier alpha value is -2.24. The van der Waals surface area contributed by atoms with E-state index in [2.05, 4.69) is 0 Å². The summed E-state index contributed by atoms with van der Waals surface area (Å²) in [5, 5.41) is 9.22. The Bertz CT molecular complexity index is 571. The van der Waals surface area contributed by atoms with E-state index in [-0.39, 0.29) is 12.5 Å². The van der Waals surface area contributed by atoms with Crippen LogP contribution in [0.2, 0.25) is 0 Å². The topological polar surface area (TPSA) is 76.1 Å². The molecule has 0 radical (unpaired) electrons. The van der Waals surface area contributed by atoms with Gasteiger partial charge in [-0.15, -0.1) is 0 Å². The average molecular weight is 293 g/mol. The van der Waals surface area contributed by atoms with Crippen molar-refractivity contribution in [2.75, 3.05) is 27.3 Å². The normalized spacial score (nSPS) is 21.2. The van der Waals surface area contributed by atoms with Gasteiger partial charge in [-0.05, 0) is 31.5 Å². The zero-order valence-corrected chi connectivity index (χ0v) is 12.4. The van der Waals surface area contributed by atoms with Crippen LogP contribution in [0.25, 0.3) is 0 Å². The summed E-state index contributed by atoms with van der Waals surface area (Å²) in [5.74, 6) is -0.0413. The Morgan fingerprint density at radius 3 is 2.43 bits per heavy atom. The second-order valence-corrected chi connectivity index (χ2v) is 5.41. The molecule has 6 heteroatoms. The van der Waals surface area contributed by atoms with Gasteiger partial charge in [0.2, 0.25) is 0 Å². The molecule has 1 heterocycles. The molecule has 1 aliphatic heterocycles. The van der Waals surface area contributed by atoms with Gasteiger partial charge in [-0.1, -0.05) is 0 Å². The van der Waals surface area contributed by atoms with Gasteiger partial charge in [0, 0.05) is 18.7 Å². The van der Waals surface area contributed by atoms with Gasteiger partial charge < -0.3 is 19.5 Å². The molecular weight excluding hydrogens is 274 g/mol. The van der Waals surface area contributed by atoms with Gasteiger partial charge in [0.1, 0.15) is 0 Å². The Morgan fingerprint density at radius 2 is 1.90 bits per heavy atom. The first-order chi connectivity index (χ1) is 9.91. The molecule has 0 aromatic heterocycles. The van der Waals surface area contributed by atoms with Crippen molar-refractivity contribution in [2.45, 2.75) is 13.3 Å². The highest BCUT2D eigenvalue weighted by atomic mass is 16.5. The molecule has 1 saturated heterocycles. The van der Waals surface area contributed by atoms with E-state index in [0.717, 1.165) is 0 Å². The number of nitrogens with zero attached hydrogens (tertiary/aromatic N) is 1. The van der Waals surface area contributed by atoms with Crippen LogP contribution in [0.5, 0.6) is 11.5 Å². The van der Waals surface area contributed by atoms with Crippen LogP contribution in [0.3, 0.4) is 0 Å².